The molecule has 6 nitrogen and oxygen atoms in total. The topological polar surface area (TPSA) is 64.5 Å². The number of esters is 1. The van der Waals surface area contributed by atoms with Gasteiger partial charge in [-0.1, -0.05) is 0 Å². The zero-order chi connectivity index (χ0) is 14.4. The molecule has 1 unspecified atom stereocenters. The Morgan fingerprint density at radius 1 is 1.45 bits per heavy atom. The van der Waals surface area contributed by atoms with Gasteiger partial charge in [0.15, 0.2) is 5.82 Å². The molecule has 20 heavy (non-hydrogen) atoms. The van der Waals surface area contributed by atoms with Gasteiger partial charge in [-0.25, -0.2) is 0 Å². The van der Waals surface area contributed by atoms with Crippen LogP contribution in [0.15, 0.2) is 12.4 Å². The average molecular weight is 279 g/mol. The van der Waals surface area contributed by atoms with Crippen LogP contribution in [-0.2, 0) is 9.53 Å². The zero-order valence-corrected chi connectivity index (χ0v) is 12.0. The van der Waals surface area contributed by atoms with Gasteiger partial charge in [0.05, 0.1) is 32.5 Å². The SMILES string of the molecule is CCOc1cncc(N2CCCCC2CC(=O)OC)n1. The molecule has 1 atom stereocenters. The maximum atomic E-state index is 11.5. The third-order valence-corrected chi connectivity index (χ3v) is 3.44. The van der Waals surface area contributed by atoms with Gasteiger partial charge in [0.2, 0.25) is 5.88 Å². The van der Waals surface area contributed by atoms with Crippen LogP contribution in [0.25, 0.3) is 0 Å². The van der Waals surface area contributed by atoms with Gasteiger partial charge in [-0.15, -0.1) is 0 Å². The zero-order valence-electron chi connectivity index (χ0n) is 12.0. The van der Waals surface area contributed by atoms with Crippen molar-refractivity contribution >= 4 is 11.8 Å². The van der Waals surface area contributed by atoms with E-state index in [-0.39, 0.29) is 12.0 Å². The Morgan fingerprint density at radius 2 is 2.30 bits per heavy atom. The molecule has 2 heterocycles. The normalized spacial score (nSPS) is 18.7. The highest BCUT2D eigenvalue weighted by Crippen LogP contribution is 2.26. The lowest BCUT2D eigenvalue weighted by Crippen LogP contribution is -2.41. The number of ether oxygens (including phenoxy) is 2. The van der Waals surface area contributed by atoms with Gasteiger partial charge in [-0.05, 0) is 26.2 Å². The molecule has 110 valence electrons. The van der Waals surface area contributed by atoms with Crippen molar-refractivity contribution in [2.75, 3.05) is 25.2 Å². The standard InChI is InChI=1S/C14H21N3O3/c1-3-20-13-10-15-9-12(16-13)17-7-5-4-6-11(17)8-14(18)19-2/h9-11H,3-8H2,1-2H3. The maximum Gasteiger partial charge on any atom is 0.307 e. The Morgan fingerprint density at radius 3 is 3.05 bits per heavy atom. The number of nitrogens with zero attached hydrogens (tertiary/aromatic N) is 3. The quantitative estimate of drug-likeness (QED) is 0.766. The maximum absolute atomic E-state index is 11.5. The van der Waals surface area contributed by atoms with Crippen LogP contribution >= 0.6 is 0 Å². The van der Waals surface area contributed by atoms with E-state index in [4.69, 9.17) is 9.47 Å². The van der Waals surface area contributed by atoms with Gasteiger partial charge >= 0.3 is 5.97 Å². The van der Waals surface area contributed by atoms with Crippen molar-refractivity contribution < 1.29 is 14.3 Å². The lowest BCUT2D eigenvalue weighted by atomic mass is 9.99. The summed E-state index contributed by atoms with van der Waals surface area (Å²) in [6.07, 6.45) is 6.89. The van der Waals surface area contributed by atoms with Crippen LogP contribution < -0.4 is 9.64 Å². The number of hydrogen-bond donors (Lipinski definition) is 0. The van der Waals surface area contributed by atoms with E-state index >= 15 is 0 Å². The van der Waals surface area contributed by atoms with Crippen LogP contribution in [0.5, 0.6) is 5.88 Å². The minimum atomic E-state index is -0.184. The first-order chi connectivity index (χ1) is 9.74. The first-order valence-corrected chi connectivity index (χ1v) is 7.03. The summed E-state index contributed by atoms with van der Waals surface area (Å²) < 4.78 is 10.2. The van der Waals surface area contributed by atoms with Crippen molar-refractivity contribution in [2.45, 2.75) is 38.6 Å². The number of hydrogen-bond acceptors (Lipinski definition) is 6. The Kier molecular flexibility index (Phi) is 5.15. The summed E-state index contributed by atoms with van der Waals surface area (Å²) >= 11 is 0. The molecule has 1 aromatic heterocycles. The third kappa shape index (κ3) is 3.59. The highest BCUT2D eigenvalue weighted by atomic mass is 16.5. The minimum absolute atomic E-state index is 0.127. The second kappa shape index (κ2) is 7.07. The second-order valence-electron chi connectivity index (χ2n) is 4.77. The van der Waals surface area contributed by atoms with E-state index in [0.717, 1.165) is 31.6 Å². The smallest absolute Gasteiger partial charge is 0.307 e. The Bertz CT molecular complexity index is 453. The Labute approximate surface area is 119 Å². The summed E-state index contributed by atoms with van der Waals surface area (Å²) in [7, 11) is 1.42. The number of carbonyl (C=O) groups excluding carboxylic acids is 1. The fourth-order valence-corrected chi connectivity index (χ4v) is 2.48. The molecular formula is C14H21N3O3. The predicted molar refractivity (Wildman–Crippen MR) is 74.8 cm³/mol. The van der Waals surface area contributed by atoms with E-state index in [1.807, 2.05) is 6.92 Å². The molecule has 0 radical (unpaired) electrons. The van der Waals surface area contributed by atoms with Gasteiger partial charge < -0.3 is 14.4 Å². The summed E-state index contributed by atoms with van der Waals surface area (Å²) in [5.41, 5.74) is 0. The average Bonchev–Trinajstić information content (AvgIpc) is 2.48. The summed E-state index contributed by atoms with van der Waals surface area (Å²) in [6.45, 7) is 3.35. The van der Waals surface area contributed by atoms with E-state index in [0.29, 0.717) is 18.9 Å². The first kappa shape index (κ1) is 14.6. The lowest BCUT2D eigenvalue weighted by Gasteiger charge is -2.35. The summed E-state index contributed by atoms with van der Waals surface area (Å²) in [4.78, 5) is 22.3. The number of piperidine rings is 1. The van der Waals surface area contributed by atoms with Gasteiger partial charge in [-0.3, -0.25) is 9.78 Å². The lowest BCUT2D eigenvalue weighted by molar-refractivity contribution is -0.141. The molecule has 0 saturated carbocycles. The summed E-state index contributed by atoms with van der Waals surface area (Å²) in [5.74, 6) is 1.10. The predicted octanol–water partition coefficient (Wildman–Crippen LogP) is 1.80. The van der Waals surface area contributed by atoms with Crippen LogP contribution in [-0.4, -0.2) is 42.2 Å². The second-order valence-corrected chi connectivity index (χ2v) is 4.77. The summed E-state index contributed by atoms with van der Waals surface area (Å²) in [5, 5.41) is 0. The van der Waals surface area contributed by atoms with E-state index in [9.17, 15) is 4.79 Å². The molecule has 1 aliphatic rings. The first-order valence-electron chi connectivity index (χ1n) is 7.03. The molecule has 2 rings (SSSR count). The van der Waals surface area contributed by atoms with Crippen LogP contribution in [0.2, 0.25) is 0 Å². The monoisotopic (exact) mass is 279 g/mol. The molecular weight excluding hydrogens is 258 g/mol. The number of rotatable bonds is 5. The Hall–Kier alpha value is -1.85. The van der Waals surface area contributed by atoms with Crippen molar-refractivity contribution in [1.82, 2.24) is 9.97 Å². The van der Waals surface area contributed by atoms with Crippen LogP contribution in [0.4, 0.5) is 5.82 Å². The van der Waals surface area contributed by atoms with E-state index in [2.05, 4.69) is 14.9 Å². The molecule has 0 aromatic carbocycles. The number of aromatic nitrogens is 2. The van der Waals surface area contributed by atoms with Crippen LogP contribution in [0.3, 0.4) is 0 Å². The fraction of sp³-hybridized carbons (Fsp3) is 0.643. The highest BCUT2D eigenvalue weighted by Gasteiger charge is 2.26. The van der Waals surface area contributed by atoms with Crippen molar-refractivity contribution in [3.63, 3.8) is 0 Å². The van der Waals surface area contributed by atoms with Crippen molar-refractivity contribution in [3.05, 3.63) is 12.4 Å². The fourth-order valence-electron chi connectivity index (χ4n) is 2.48. The largest absolute Gasteiger partial charge is 0.477 e. The number of methoxy groups -OCH3 is 1. The molecule has 0 spiro atoms. The highest BCUT2D eigenvalue weighted by molar-refractivity contribution is 5.70. The van der Waals surface area contributed by atoms with E-state index in [1.54, 1.807) is 12.4 Å². The number of carbonyl (C=O) groups is 1. The summed E-state index contributed by atoms with van der Waals surface area (Å²) in [6, 6.07) is 0.127. The molecule has 0 amide bonds. The van der Waals surface area contributed by atoms with Gasteiger partial charge in [0.1, 0.15) is 0 Å². The Balaban J connectivity index is 2.14. The van der Waals surface area contributed by atoms with Gasteiger partial charge in [-0.2, -0.15) is 4.98 Å². The van der Waals surface area contributed by atoms with Crippen molar-refractivity contribution in [1.29, 1.82) is 0 Å². The molecule has 1 fully saturated rings. The van der Waals surface area contributed by atoms with Gasteiger partial charge in [0, 0.05) is 12.6 Å². The van der Waals surface area contributed by atoms with Crippen LogP contribution in [0, 0.1) is 0 Å². The van der Waals surface area contributed by atoms with E-state index < -0.39 is 0 Å². The molecule has 0 bridgehead atoms. The molecule has 1 aliphatic heterocycles. The molecule has 0 N–H and O–H groups in total. The molecule has 6 heteroatoms. The molecule has 1 saturated heterocycles. The van der Waals surface area contributed by atoms with Crippen molar-refractivity contribution in [2.24, 2.45) is 0 Å². The van der Waals surface area contributed by atoms with Crippen molar-refractivity contribution in [3.8, 4) is 5.88 Å². The number of anilines is 1. The molecule has 0 aliphatic carbocycles. The molecule has 1 aromatic rings. The van der Waals surface area contributed by atoms with Gasteiger partial charge in [0.25, 0.3) is 0 Å². The third-order valence-electron chi connectivity index (χ3n) is 3.44. The van der Waals surface area contributed by atoms with E-state index in [1.165, 1.54) is 7.11 Å². The van der Waals surface area contributed by atoms with Crippen LogP contribution in [0.1, 0.15) is 32.6 Å². The minimum Gasteiger partial charge on any atom is -0.477 e.